The van der Waals surface area contributed by atoms with Crippen molar-refractivity contribution in [2.24, 2.45) is 0 Å². The van der Waals surface area contributed by atoms with Crippen LogP contribution in [0.1, 0.15) is 11.1 Å². The molecule has 2 aromatic carbocycles. The minimum absolute atomic E-state index is 0.0303. The maximum atomic E-state index is 12.4. The minimum Gasteiger partial charge on any atom is -0.325 e. The van der Waals surface area contributed by atoms with Gasteiger partial charge in [-0.1, -0.05) is 12.1 Å². The zero-order valence-electron chi connectivity index (χ0n) is 14.4. The molecule has 2 amide bonds. The summed E-state index contributed by atoms with van der Waals surface area (Å²) in [5.74, 6) is -0.546. The summed E-state index contributed by atoms with van der Waals surface area (Å²) in [6.45, 7) is 1.51. The molecule has 0 aliphatic carbocycles. The molecule has 0 saturated heterocycles. The lowest BCUT2D eigenvalue weighted by atomic mass is 10.2. The first-order chi connectivity index (χ1) is 12.3. The lowest BCUT2D eigenvalue weighted by molar-refractivity contribution is -0.117. The maximum absolute atomic E-state index is 12.4. The molecular weight excluding hydrogens is 354 g/mol. The average molecular weight is 373 g/mol. The highest BCUT2D eigenvalue weighted by atomic mass is 32.2. The van der Waals surface area contributed by atoms with Gasteiger partial charge in [-0.25, -0.2) is 13.1 Å². The number of sulfonamides is 1. The molecule has 0 fully saturated rings. The Bertz CT molecular complexity index is 986. The van der Waals surface area contributed by atoms with Crippen molar-refractivity contribution >= 4 is 33.2 Å². The van der Waals surface area contributed by atoms with E-state index in [-0.39, 0.29) is 23.8 Å². The maximum Gasteiger partial charge on any atom is 0.241 e. The van der Waals surface area contributed by atoms with Gasteiger partial charge in [0.2, 0.25) is 21.8 Å². The Kier molecular flexibility index (Phi) is 4.80. The third kappa shape index (κ3) is 3.76. The number of carbonyl (C=O) groups is 2. The standard InChI is InChI=1S/C18H19N3O4S/c1-12-4-3-5-14(8-12)20-17(22)11-19-26(24,25)15-6-7-16-13(9-15)10-18(23)21(16)2/h3-9,19H,10-11H2,1-2H3,(H,20,22). The number of hydrogen-bond donors (Lipinski definition) is 2. The van der Waals surface area contributed by atoms with E-state index in [1.165, 1.54) is 17.0 Å². The van der Waals surface area contributed by atoms with Crippen molar-refractivity contribution in [3.63, 3.8) is 0 Å². The van der Waals surface area contributed by atoms with Crippen molar-refractivity contribution < 1.29 is 18.0 Å². The van der Waals surface area contributed by atoms with Gasteiger partial charge in [-0.2, -0.15) is 0 Å². The summed E-state index contributed by atoms with van der Waals surface area (Å²) in [7, 11) is -2.20. The van der Waals surface area contributed by atoms with E-state index in [9.17, 15) is 18.0 Å². The van der Waals surface area contributed by atoms with Crippen molar-refractivity contribution in [2.45, 2.75) is 18.2 Å². The second-order valence-electron chi connectivity index (χ2n) is 6.16. The van der Waals surface area contributed by atoms with Crippen LogP contribution < -0.4 is 14.9 Å². The fourth-order valence-corrected chi connectivity index (χ4v) is 3.82. The molecule has 0 spiro atoms. The summed E-state index contributed by atoms with van der Waals surface area (Å²) in [5, 5.41) is 2.64. The Hall–Kier alpha value is -2.71. The molecule has 2 N–H and O–H groups in total. The van der Waals surface area contributed by atoms with Gasteiger partial charge in [-0.3, -0.25) is 9.59 Å². The molecule has 7 nitrogen and oxygen atoms in total. The number of hydrogen-bond acceptors (Lipinski definition) is 4. The molecule has 0 aromatic heterocycles. The van der Waals surface area contributed by atoms with Gasteiger partial charge in [0, 0.05) is 18.4 Å². The summed E-state index contributed by atoms with van der Waals surface area (Å²) in [6, 6.07) is 11.7. The normalized spacial score (nSPS) is 13.6. The van der Waals surface area contributed by atoms with Crippen LogP contribution in [-0.2, 0) is 26.0 Å². The Balaban J connectivity index is 1.67. The molecule has 0 saturated carbocycles. The smallest absolute Gasteiger partial charge is 0.241 e. The van der Waals surface area contributed by atoms with Gasteiger partial charge < -0.3 is 10.2 Å². The molecule has 0 atom stereocenters. The lowest BCUT2D eigenvalue weighted by Crippen LogP contribution is -2.33. The molecule has 26 heavy (non-hydrogen) atoms. The molecule has 8 heteroatoms. The number of carbonyl (C=O) groups excluding carboxylic acids is 2. The highest BCUT2D eigenvalue weighted by Crippen LogP contribution is 2.29. The lowest BCUT2D eigenvalue weighted by Gasteiger charge is -2.11. The van der Waals surface area contributed by atoms with Gasteiger partial charge in [0.25, 0.3) is 0 Å². The molecule has 0 bridgehead atoms. The molecular formula is C18H19N3O4S. The van der Waals surface area contributed by atoms with E-state index in [0.717, 1.165) is 5.56 Å². The van der Waals surface area contributed by atoms with E-state index in [1.807, 2.05) is 13.0 Å². The summed E-state index contributed by atoms with van der Waals surface area (Å²) in [4.78, 5) is 25.2. The Labute approximate surface area is 152 Å². The van der Waals surface area contributed by atoms with Crippen molar-refractivity contribution in [3.05, 3.63) is 53.6 Å². The Morgan fingerprint density at radius 3 is 2.69 bits per heavy atom. The highest BCUT2D eigenvalue weighted by Gasteiger charge is 2.26. The van der Waals surface area contributed by atoms with Gasteiger partial charge in [0.1, 0.15) is 0 Å². The predicted molar refractivity (Wildman–Crippen MR) is 98.6 cm³/mol. The van der Waals surface area contributed by atoms with Crippen molar-refractivity contribution in [1.82, 2.24) is 4.72 Å². The van der Waals surface area contributed by atoms with E-state index in [1.54, 1.807) is 31.3 Å². The van der Waals surface area contributed by atoms with E-state index in [2.05, 4.69) is 10.0 Å². The Morgan fingerprint density at radius 2 is 1.96 bits per heavy atom. The van der Waals surface area contributed by atoms with Crippen LogP contribution in [-0.4, -0.2) is 33.8 Å². The number of aryl methyl sites for hydroxylation is 1. The van der Waals surface area contributed by atoms with Crippen LogP contribution in [0.25, 0.3) is 0 Å². The van der Waals surface area contributed by atoms with E-state index in [4.69, 9.17) is 0 Å². The predicted octanol–water partition coefficient (Wildman–Crippen LogP) is 1.43. The number of anilines is 2. The topological polar surface area (TPSA) is 95.6 Å². The SMILES string of the molecule is Cc1cccc(NC(=O)CNS(=O)(=O)c2ccc3c(c2)CC(=O)N3C)c1. The van der Waals surface area contributed by atoms with Crippen LogP contribution in [0.3, 0.4) is 0 Å². The van der Waals surface area contributed by atoms with Crippen LogP contribution in [0.5, 0.6) is 0 Å². The second-order valence-corrected chi connectivity index (χ2v) is 7.93. The molecule has 3 rings (SSSR count). The minimum atomic E-state index is -3.85. The first kappa shape index (κ1) is 18.1. The van der Waals surface area contributed by atoms with Crippen LogP contribution in [0.4, 0.5) is 11.4 Å². The molecule has 1 aliphatic rings. The summed E-state index contributed by atoms with van der Waals surface area (Å²) in [6.07, 6.45) is 0.170. The zero-order valence-corrected chi connectivity index (χ0v) is 15.3. The number of rotatable bonds is 5. The molecule has 1 aliphatic heterocycles. The number of amides is 2. The largest absolute Gasteiger partial charge is 0.325 e. The van der Waals surface area contributed by atoms with Crippen LogP contribution >= 0.6 is 0 Å². The van der Waals surface area contributed by atoms with Gasteiger partial charge in [-0.15, -0.1) is 0 Å². The van der Waals surface area contributed by atoms with E-state index in [0.29, 0.717) is 16.9 Å². The Morgan fingerprint density at radius 1 is 1.19 bits per heavy atom. The first-order valence-electron chi connectivity index (χ1n) is 8.02. The van der Waals surface area contributed by atoms with Crippen molar-refractivity contribution in [2.75, 3.05) is 23.8 Å². The van der Waals surface area contributed by atoms with Gasteiger partial charge in [0.05, 0.1) is 17.9 Å². The fourth-order valence-electron chi connectivity index (χ4n) is 2.79. The molecule has 136 valence electrons. The number of benzene rings is 2. The summed E-state index contributed by atoms with van der Waals surface area (Å²) < 4.78 is 27.1. The fraction of sp³-hybridized carbons (Fsp3) is 0.222. The third-order valence-electron chi connectivity index (χ3n) is 4.16. The van der Waals surface area contributed by atoms with Gasteiger partial charge in [-0.05, 0) is 48.4 Å². The van der Waals surface area contributed by atoms with Crippen LogP contribution in [0.15, 0.2) is 47.4 Å². The number of nitrogens with one attached hydrogen (secondary N) is 2. The van der Waals surface area contributed by atoms with Crippen molar-refractivity contribution in [3.8, 4) is 0 Å². The zero-order chi connectivity index (χ0) is 18.9. The van der Waals surface area contributed by atoms with Crippen LogP contribution in [0, 0.1) is 6.92 Å². The monoisotopic (exact) mass is 373 g/mol. The molecule has 2 aromatic rings. The average Bonchev–Trinajstić information content (AvgIpc) is 2.87. The number of fused-ring (bicyclic) bond motifs is 1. The molecule has 1 heterocycles. The summed E-state index contributed by atoms with van der Waals surface area (Å²) in [5.41, 5.74) is 2.95. The third-order valence-corrected chi connectivity index (χ3v) is 5.56. The first-order valence-corrected chi connectivity index (χ1v) is 9.50. The summed E-state index contributed by atoms with van der Waals surface area (Å²) >= 11 is 0. The molecule has 0 radical (unpaired) electrons. The van der Waals surface area contributed by atoms with Crippen LogP contribution in [0.2, 0.25) is 0 Å². The quantitative estimate of drug-likeness (QED) is 0.829. The van der Waals surface area contributed by atoms with Crippen molar-refractivity contribution in [1.29, 1.82) is 0 Å². The van der Waals surface area contributed by atoms with Gasteiger partial charge >= 0.3 is 0 Å². The van der Waals surface area contributed by atoms with E-state index < -0.39 is 15.9 Å². The second kappa shape index (κ2) is 6.89. The van der Waals surface area contributed by atoms with Gasteiger partial charge in [0.15, 0.2) is 0 Å². The number of nitrogens with zero attached hydrogens (tertiary/aromatic N) is 1. The van der Waals surface area contributed by atoms with E-state index >= 15 is 0 Å². The number of likely N-dealkylation sites (N-methyl/N-ethyl adjacent to an activating group) is 1. The highest BCUT2D eigenvalue weighted by molar-refractivity contribution is 7.89. The molecule has 0 unspecified atom stereocenters.